The average molecular weight is 282 g/mol. The maximum absolute atomic E-state index is 11.8. The molecular weight excluding hydrogens is 266 g/mol. The Morgan fingerprint density at radius 3 is 2.65 bits per heavy atom. The van der Waals surface area contributed by atoms with Crippen molar-refractivity contribution in [3.05, 3.63) is 35.9 Å². The molecule has 0 aliphatic carbocycles. The number of alkyl halides is 2. The van der Waals surface area contributed by atoms with E-state index >= 15 is 0 Å². The van der Waals surface area contributed by atoms with Gasteiger partial charge in [-0.1, -0.05) is 30.3 Å². The van der Waals surface area contributed by atoms with Crippen LogP contribution in [0, 0.1) is 17.2 Å². The molecule has 1 aromatic carbocycles. The van der Waals surface area contributed by atoms with Gasteiger partial charge in [-0.15, -0.1) is 0 Å². The lowest BCUT2D eigenvalue weighted by atomic mass is 10.00. The molecule has 20 heavy (non-hydrogen) atoms. The van der Waals surface area contributed by atoms with Gasteiger partial charge in [-0.25, -0.2) is 8.78 Å². The van der Waals surface area contributed by atoms with Crippen molar-refractivity contribution in [3.8, 4) is 6.07 Å². The van der Waals surface area contributed by atoms with Crippen LogP contribution < -0.4 is 5.32 Å². The van der Waals surface area contributed by atoms with Crippen LogP contribution in [0.5, 0.6) is 0 Å². The standard InChI is InChI=1S/C14H16F2N2O2/c15-13(16)10-20-7-6-18-14(19)12(9-17)8-11-4-2-1-3-5-11/h1-5,12-13H,6-8,10H2,(H,18,19). The van der Waals surface area contributed by atoms with Crippen LogP contribution in [0.2, 0.25) is 0 Å². The van der Waals surface area contributed by atoms with E-state index in [-0.39, 0.29) is 13.2 Å². The first-order valence-electron chi connectivity index (χ1n) is 6.20. The molecule has 0 heterocycles. The molecule has 0 aromatic heterocycles. The van der Waals surface area contributed by atoms with Crippen molar-refractivity contribution in [2.75, 3.05) is 19.8 Å². The number of amides is 1. The summed E-state index contributed by atoms with van der Waals surface area (Å²) in [6, 6.07) is 11.1. The molecule has 1 rings (SSSR count). The number of nitriles is 1. The van der Waals surface area contributed by atoms with Gasteiger partial charge in [0.15, 0.2) is 0 Å². The molecule has 0 aliphatic heterocycles. The highest BCUT2D eigenvalue weighted by atomic mass is 19.3. The first-order valence-corrected chi connectivity index (χ1v) is 6.20. The van der Waals surface area contributed by atoms with Crippen molar-refractivity contribution in [2.24, 2.45) is 5.92 Å². The van der Waals surface area contributed by atoms with Crippen molar-refractivity contribution in [2.45, 2.75) is 12.8 Å². The fourth-order valence-corrected chi connectivity index (χ4v) is 1.59. The second-order valence-electron chi connectivity index (χ2n) is 4.13. The minimum Gasteiger partial charge on any atom is -0.374 e. The number of benzene rings is 1. The van der Waals surface area contributed by atoms with Gasteiger partial charge >= 0.3 is 0 Å². The lowest BCUT2D eigenvalue weighted by Gasteiger charge is -2.10. The zero-order chi connectivity index (χ0) is 14.8. The lowest BCUT2D eigenvalue weighted by Crippen LogP contribution is -2.33. The number of carbonyl (C=O) groups excluding carboxylic acids is 1. The molecule has 6 heteroatoms. The van der Waals surface area contributed by atoms with Gasteiger partial charge in [-0.3, -0.25) is 4.79 Å². The molecule has 1 unspecified atom stereocenters. The Hall–Kier alpha value is -2.00. The zero-order valence-corrected chi connectivity index (χ0v) is 10.9. The number of halogens is 2. The second-order valence-corrected chi connectivity index (χ2v) is 4.13. The summed E-state index contributed by atoms with van der Waals surface area (Å²) < 4.78 is 28.2. The molecule has 4 nitrogen and oxygen atoms in total. The van der Waals surface area contributed by atoms with E-state index in [9.17, 15) is 13.6 Å². The Labute approximate surface area is 116 Å². The summed E-state index contributed by atoms with van der Waals surface area (Å²) in [5.74, 6) is -1.22. The topological polar surface area (TPSA) is 62.1 Å². The van der Waals surface area contributed by atoms with E-state index in [0.29, 0.717) is 6.42 Å². The predicted octanol–water partition coefficient (Wildman–Crippen LogP) is 1.77. The summed E-state index contributed by atoms with van der Waals surface area (Å²) >= 11 is 0. The fourth-order valence-electron chi connectivity index (χ4n) is 1.59. The van der Waals surface area contributed by atoms with Crippen LogP contribution in [0.25, 0.3) is 0 Å². The van der Waals surface area contributed by atoms with Gasteiger partial charge in [0, 0.05) is 6.54 Å². The fraction of sp³-hybridized carbons (Fsp3) is 0.429. The highest BCUT2D eigenvalue weighted by molar-refractivity contribution is 5.81. The smallest absolute Gasteiger partial charge is 0.261 e. The second kappa shape index (κ2) is 8.99. The summed E-state index contributed by atoms with van der Waals surface area (Å²) in [5.41, 5.74) is 0.892. The molecule has 0 bridgehead atoms. The number of hydrogen-bond donors (Lipinski definition) is 1. The molecule has 1 aromatic rings. The van der Waals surface area contributed by atoms with Crippen molar-refractivity contribution < 1.29 is 18.3 Å². The number of carbonyl (C=O) groups is 1. The molecule has 108 valence electrons. The maximum atomic E-state index is 11.8. The number of nitrogens with zero attached hydrogens (tertiary/aromatic N) is 1. The lowest BCUT2D eigenvalue weighted by molar-refractivity contribution is -0.123. The molecular formula is C14H16F2N2O2. The van der Waals surface area contributed by atoms with Gasteiger partial charge < -0.3 is 10.1 Å². The molecule has 0 saturated heterocycles. The number of ether oxygens (including phenoxy) is 1. The Balaban J connectivity index is 2.31. The van der Waals surface area contributed by atoms with E-state index in [1.54, 1.807) is 0 Å². The van der Waals surface area contributed by atoms with E-state index in [1.165, 1.54) is 0 Å². The highest BCUT2D eigenvalue weighted by Crippen LogP contribution is 2.08. The van der Waals surface area contributed by atoms with E-state index in [2.05, 4.69) is 10.1 Å². The Bertz CT molecular complexity index is 446. The van der Waals surface area contributed by atoms with Crippen LogP contribution in [0.1, 0.15) is 5.56 Å². The third-order valence-corrected chi connectivity index (χ3v) is 2.54. The number of hydrogen-bond acceptors (Lipinski definition) is 3. The highest BCUT2D eigenvalue weighted by Gasteiger charge is 2.17. The van der Waals surface area contributed by atoms with Crippen molar-refractivity contribution in [1.82, 2.24) is 5.32 Å². The van der Waals surface area contributed by atoms with Gasteiger partial charge in [0.1, 0.15) is 12.5 Å². The minimum atomic E-state index is -2.52. The Kier molecular flexibility index (Phi) is 7.22. The molecule has 1 atom stereocenters. The van der Waals surface area contributed by atoms with Crippen molar-refractivity contribution in [3.63, 3.8) is 0 Å². The van der Waals surface area contributed by atoms with Crippen molar-refractivity contribution >= 4 is 5.91 Å². The molecule has 0 saturated carbocycles. The summed E-state index contributed by atoms with van der Waals surface area (Å²) in [5, 5.41) is 11.5. The van der Waals surface area contributed by atoms with Crippen molar-refractivity contribution in [1.29, 1.82) is 5.26 Å². The monoisotopic (exact) mass is 282 g/mol. The predicted molar refractivity (Wildman–Crippen MR) is 69.1 cm³/mol. The van der Waals surface area contributed by atoms with Crippen LogP contribution in [-0.4, -0.2) is 32.1 Å². The summed E-state index contributed by atoms with van der Waals surface area (Å²) in [6.45, 7) is -0.542. The maximum Gasteiger partial charge on any atom is 0.261 e. The molecule has 0 fully saturated rings. The normalized spacial score (nSPS) is 11.9. The summed E-state index contributed by atoms with van der Waals surface area (Å²) in [7, 11) is 0. The third-order valence-electron chi connectivity index (χ3n) is 2.54. The van der Waals surface area contributed by atoms with Crippen LogP contribution in [0.15, 0.2) is 30.3 Å². The van der Waals surface area contributed by atoms with Crippen LogP contribution in [0.3, 0.4) is 0 Å². The van der Waals surface area contributed by atoms with E-state index in [4.69, 9.17) is 5.26 Å². The van der Waals surface area contributed by atoms with E-state index < -0.39 is 24.9 Å². The molecule has 0 spiro atoms. The van der Waals surface area contributed by atoms with E-state index in [1.807, 2.05) is 36.4 Å². The largest absolute Gasteiger partial charge is 0.374 e. The molecule has 1 N–H and O–H groups in total. The quantitative estimate of drug-likeness (QED) is 0.739. The number of nitrogens with one attached hydrogen (secondary N) is 1. The summed E-state index contributed by atoms with van der Waals surface area (Å²) in [4.78, 5) is 11.7. The molecule has 1 amide bonds. The van der Waals surface area contributed by atoms with Gasteiger partial charge in [0.25, 0.3) is 6.43 Å². The zero-order valence-electron chi connectivity index (χ0n) is 10.9. The van der Waals surface area contributed by atoms with Gasteiger partial charge in [0.05, 0.1) is 12.7 Å². The minimum absolute atomic E-state index is 0.000431. The SMILES string of the molecule is N#CC(Cc1ccccc1)C(=O)NCCOCC(F)F. The van der Waals surface area contributed by atoms with Gasteiger partial charge in [-0.05, 0) is 12.0 Å². The first-order chi connectivity index (χ1) is 9.63. The first kappa shape index (κ1) is 16.1. The Morgan fingerprint density at radius 1 is 1.35 bits per heavy atom. The van der Waals surface area contributed by atoms with Crippen LogP contribution in [0.4, 0.5) is 8.78 Å². The van der Waals surface area contributed by atoms with Crippen LogP contribution in [-0.2, 0) is 16.0 Å². The van der Waals surface area contributed by atoms with Gasteiger partial charge in [0.2, 0.25) is 5.91 Å². The van der Waals surface area contributed by atoms with Gasteiger partial charge in [-0.2, -0.15) is 5.26 Å². The molecule has 0 aliphatic rings. The third kappa shape index (κ3) is 6.25. The van der Waals surface area contributed by atoms with Crippen LogP contribution >= 0.6 is 0 Å². The molecule has 0 radical (unpaired) electrons. The summed E-state index contributed by atoms with van der Waals surface area (Å²) in [6.07, 6.45) is -2.20. The number of rotatable bonds is 8. The van der Waals surface area contributed by atoms with E-state index in [0.717, 1.165) is 5.56 Å². The average Bonchev–Trinajstić information content (AvgIpc) is 2.45. The Morgan fingerprint density at radius 2 is 2.05 bits per heavy atom.